The van der Waals surface area contributed by atoms with E-state index >= 15 is 0 Å². The summed E-state index contributed by atoms with van der Waals surface area (Å²) in [4.78, 5) is 0. The van der Waals surface area contributed by atoms with Crippen molar-refractivity contribution in [1.29, 1.82) is 0 Å². The first kappa shape index (κ1) is 23.6. The second kappa shape index (κ2) is 6.83. The van der Waals surface area contributed by atoms with Crippen molar-refractivity contribution in [3.8, 4) is 0 Å². The minimum Gasteiger partial charge on any atom is -0.725 e. The third-order valence-electron chi connectivity index (χ3n) is 2.02. The molecule has 0 aliphatic heterocycles. The van der Waals surface area contributed by atoms with Crippen molar-refractivity contribution >= 4 is 10.4 Å². The van der Waals surface area contributed by atoms with Crippen LogP contribution in [0.1, 0.15) is 19.8 Å². The standard InChI is InChI=1S/C7H8F8O4S.Na/c1-2-3-4(8,19-20(16,17)18)5(9,10)6(11,12)7(13,14)15;/h2-3H2,1H3,(H,16,17,18);/q;+1/p-1. The van der Waals surface area contributed by atoms with Crippen LogP contribution in [0.25, 0.3) is 0 Å². The molecular formula is C7H7F8NaO4S. The van der Waals surface area contributed by atoms with Gasteiger partial charge in [0, 0.05) is 6.42 Å². The minimum absolute atomic E-state index is 0. The molecule has 4 nitrogen and oxygen atoms in total. The van der Waals surface area contributed by atoms with Crippen molar-refractivity contribution in [2.24, 2.45) is 0 Å². The molecule has 0 aliphatic carbocycles. The molecule has 0 rings (SSSR count). The van der Waals surface area contributed by atoms with Crippen molar-refractivity contribution in [3.05, 3.63) is 0 Å². The van der Waals surface area contributed by atoms with Crippen molar-refractivity contribution in [2.75, 3.05) is 0 Å². The predicted octanol–water partition coefficient (Wildman–Crippen LogP) is -0.234. The Kier molecular flexibility index (Phi) is 7.66. The van der Waals surface area contributed by atoms with E-state index in [9.17, 15) is 48.1 Å². The smallest absolute Gasteiger partial charge is 0.725 e. The van der Waals surface area contributed by atoms with Gasteiger partial charge in [-0.1, -0.05) is 13.3 Å². The maximum Gasteiger partial charge on any atom is 1.00 e. The van der Waals surface area contributed by atoms with Crippen molar-refractivity contribution < 1.29 is 81.8 Å². The second-order valence-electron chi connectivity index (χ2n) is 3.62. The summed E-state index contributed by atoms with van der Waals surface area (Å²) < 4.78 is 133. The third kappa shape index (κ3) is 4.89. The molecule has 0 spiro atoms. The summed E-state index contributed by atoms with van der Waals surface area (Å²) in [6.45, 7) is 0.858. The molecule has 0 amide bonds. The first-order valence-corrected chi connectivity index (χ1v) is 6.03. The normalized spacial score (nSPS) is 17.0. The summed E-state index contributed by atoms with van der Waals surface area (Å²) >= 11 is 0. The first-order valence-electron chi connectivity index (χ1n) is 4.69. The molecule has 0 saturated carbocycles. The van der Waals surface area contributed by atoms with Crippen LogP contribution in [0.15, 0.2) is 0 Å². The fourth-order valence-corrected chi connectivity index (χ4v) is 1.66. The molecule has 122 valence electrons. The van der Waals surface area contributed by atoms with Crippen LogP contribution >= 0.6 is 0 Å². The van der Waals surface area contributed by atoms with E-state index in [2.05, 4.69) is 4.18 Å². The van der Waals surface area contributed by atoms with Crippen LogP contribution < -0.4 is 29.6 Å². The van der Waals surface area contributed by atoms with Crippen molar-refractivity contribution in [1.82, 2.24) is 0 Å². The molecule has 0 aromatic heterocycles. The molecule has 0 N–H and O–H groups in total. The van der Waals surface area contributed by atoms with Gasteiger partial charge in [0.25, 0.3) is 5.85 Å². The number of halogens is 8. The molecule has 0 radical (unpaired) electrons. The predicted molar refractivity (Wildman–Crippen MR) is 45.5 cm³/mol. The van der Waals surface area contributed by atoms with Gasteiger partial charge in [-0.3, -0.25) is 0 Å². The molecule has 0 saturated heterocycles. The van der Waals surface area contributed by atoms with E-state index in [0.717, 1.165) is 6.92 Å². The zero-order valence-corrected chi connectivity index (χ0v) is 13.3. The van der Waals surface area contributed by atoms with Crippen LogP contribution in [0.3, 0.4) is 0 Å². The number of hydrogen-bond acceptors (Lipinski definition) is 4. The molecule has 1 atom stereocenters. The average molecular weight is 362 g/mol. The molecule has 0 bridgehead atoms. The molecule has 1 unspecified atom stereocenters. The van der Waals surface area contributed by atoms with Crippen LogP contribution in [0.4, 0.5) is 35.1 Å². The average Bonchev–Trinajstić information content (AvgIpc) is 2.12. The Morgan fingerprint density at radius 2 is 1.33 bits per heavy atom. The number of alkyl halides is 8. The molecule has 0 aliphatic rings. The van der Waals surface area contributed by atoms with Gasteiger partial charge in [0.15, 0.2) is 0 Å². The van der Waals surface area contributed by atoms with Crippen molar-refractivity contribution in [2.45, 2.75) is 43.6 Å². The van der Waals surface area contributed by atoms with Gasteiger partial charge < -0.3 is 4.55 Å². The van der Waals surface area contributed by atoms with Crippen LogP contribution in [0.5, 0.6) is 0 Å². The number of hydrogen-bond donors (Lipinski definition) is 0. The monoisotopic (exact) mass is 362 g/mol. The van der Waals surface area contributed by atoms with Gasteiger partial charge in [-0.2, -0.15) is 30.7 Å². The topological polar surface area (TPSA) is 66.4 Å². The summed E-state index contributed by atoms with van der Waals surface area (Å²) in [5, 5.41) is 0. The summed E-state index contributed by atoms with van der Waals surface area (Å²) in [5.74, 6) is -18.9. The van der Waals surface area contributed by atoms with Crippen LogP contribution in [0.2, 0.25) is 0 Å². The van der Waals surface area contributed by atoms with Crippen LogP contribution in [0, 0.1) is 0 Å². The maximum absolute atomic E-state index is 13.6. The molecular weight excluding hydrogens is 355 g/mol. The zero-order chi connectivity index (χ0) is 16.6. The maximum atomic E-state index is 13.6. The van der Waals surface area contributed by atoms with Gasteiger partial charge in [-0.05, 0) is 0 Å². The minimum atomic E-state index is -6.95. The van der Waals surface area contributed by atoms with E-state index in [-0.39, 0.29) is 29.6 Å². The summed E-state index contributed by atoms with van der Waals surface area (Å²) in [6.07, 6.45) is -9.58. The first-order chi connectivity index (χ1) is 8.52. The van der Waals surface area contributed by atoms with Gasteiger partial charge in [-0.25, -0.2) is 17.0 Å². The summed E-state index contributed by atoms with van der Waals surface area (Å²) in [5.41, 5.74) is 0. The SMILES string of the molecule is CCCC(F)(OS(=O)(=O)[O-])C(F)(F)C(F)(F)C(F)(F)F.[Na+]. The Morgan fingerprint density at radius 3 is 1.57 bits per heavy atom. The van der Waals surface area contributed by atoms with E-state index < -0.39 is 47.1 Å². The summed E-state index contributed by atoms with van der Waals surface area (Å²) in [6, 6.07) is 0. The Morgan fingerprint density at radius 1 is 0.952 bits per heavy atom. The molecule has 0 fully saturated rings. The Balaban J connectivity index is 0. The Labute approximate surface area is 136 Å². The Hall–Kier alpha value is 0.310. The van der Waals surface area contributed by atoms with E-state index in [1.807, 2.05) is 0 Å². The van der Waals surface area contributed by atoms with Gasteiger partial charge in [-0.15, -0.1) is 0 Å². The fourth-order valence-electron chi connectivity index (χ4n) is 1.15. The quantitative estimate of drug-likeness (QED) is 0.283. The molecule has 0 aromatic carbocycles. The molecule has 21 heavy (non-hydrogen) atoms. The van der Waals surface area contributed by atoms with E-state index in [1.165, 1.54) is 0 Å². The van der Waals surface area contributed by atoms with Gasteiger partial charge >= 0.3 is 47.6 Å². The molecule has 14 heteroatoms. The largest absolute Gasteiger partial charge is 1.00 e. The van der Waals surface area contributed by atoms with Crippen LogP contribution in [-0.4, -0.2) is 36.8 Å². The van der Waals surface area contributed by atoms with Crippen LogP contribution in [-0.2, 0) is 14.6 Å². The van der Waals surface area contributed by atoms with Crippen molar-refractivity contribution in [3.63, 3.8) is 0 Å². The third-order valence-corrected chi connectivity index (χ3v) is 2.49. The molecule has 0 aromatic rings. The zero-order valence-electron chi connectivity index (χ0n) is 10.5. The van der Waals surface area contributed by atoms with E-state index in [0.29, 0.717) is 0 Å². The van der Waals surface area contributed by atoms with Gasteiger partial charge in [0.2, 0.25) is 10.4 Å². The number of rotatable bonds is 6. The Bertz CT molecular complexity index is 450. The van der Waals surface area contributed by atoms with E-state index in [1.54, 1.807) is 0 Å². The second-order valence-corrected chi connectivity index (χ2v) is 4.60. The fraction of sp³-hybridized carbons (Fsp3) is 1.00. The summed E-state index contributed by atoms with van der Waals surface area (Å²) in [7, 11) is -6.30. The van der Waals surface area contributed by atoms with Gasteiger partial charge in [0.05, 0.1) is 0 Å². The molecule has 0 heterocycles. The van der Waals surface area contributed by atoms with E-state index in [4.69, 9.17) is 0 Å². The van der Waals surface area contributed by atoms with Gasteiger partial charge in [0.1, 0.15) is 0 Å².